The van der Waals surface area contributed by atoms with E-state index in [1.165, 1.54) is 28.4 Å². The van der Waals surface area contributed by atoms with Gasteiger partial charge >= 0.3 is 12.1 Å². The van der Waals surface area contributed by atoms with Crippen molar-refractivity contribution in [2.45, 2.75) is 48.8 Å². The minimum absolute atomic E-state index is 0.172. The van der Waals surface area contributed by atoms with Crippen molar-refractivity contribution >= 4 is 41.5 Å². The molecule has 0 spiro atoms. The molecular formula is C32H31N3O5S2. The summed E-state index contributed by atoms with van der Waals surface area (Å²) in [4.78, 5) is 46.4. The van der Waals surface area contributed by atoms with Gasteiger partial charge in [0.2, 0.25) is 0 Å². The van der Waals surface area contributed by atoms with Crippen molar-refractivity contribution in [1.82, 2.24) is 15.2 Å². The van der Waals surface area contributed by atoms with E-state index in [2.05, 4.69) is 10.3 Å². The molecule has 2 atom stereocenters. The van der Waals surface area contributed by atoms with Crippen LogP contribution in [0.4, 0.5) is 4.79 Å². The van der Waals surface area contributed by atoms with Crippen LogP contribution in [0.1, 0.15) is 38.0 Å². The lowest BCUT2D eigenvalue weighted by molar-refractivity contribution is -0.153. The average molecular weight is 602 g/mol. The number of thioether (sulfide) groups is 2. The molecule has 1 fully saturated rings. The first kappa shape index (κ1) is 29.5. The predicted octanol–water partition coefficient (Wildman–Crippen LogP) is 6.08. The van der Waals surface area contributed by atoms with Gasteiger partial charge in [-0.05, 0) is 61.1 Å². The number of carbonyl (C=O) groups excluding carboxylic acids is 3. The van der Waals surface area contributed by atoms with Crippen molar-refractivity contribution < 1.29 is 23.9 Å². The monoisotopic (exact) mass is 601 g/mol. The standard InChI is InChI=1S/C32H31N3O5S2/c1-32(2,3)40-31(38)34-25-28(36)35-26(23(20-42-29(25)35)16-18-41-24-15-10-17-33-19-24)30(37)39-27(21-11-6-4-7-12-21)22-13-8-5-9-14-22/h4-19,25,27,29H,20H2,1-3H3,(H,34,38)/b18-16+/t25-,29+/m1/s1. The van der Waals surface area contributed by atoms with Gasteiger partial charge in [0.1, 0.15) is 22.7 Å². The molecule has 42 heavy (non-hydrogen) atoms. The van der Waals surface area contributed by atoms with Crippen molar-refractivity contribution in [3.8, 4) is 0 Å². The van der Waals surface area contributed by atoms with Crippen LogP contribution in [0.15, 0.2) is 113 Å². The minimum atomic E-state index is -0.818. The van der Waals surface area contributed by atoms with Gasteiger partial charge in [0.25, 0.3) is 5.91 Å². The summed E-state index contributed by atoms with van der Waals surface area (Å²) < 4.78 is 11.5. The molecule has 1 saturated heterocycles. The number of amides is 2. The van der Waals surface area contributed by atoms with Crippen molar-refractivity contribution in [3.63, 3.8) is 0 Å². The van der Waals surface area contributed by atoms with Crippen molar-refractivity contribution in [2.24, 2.45) is 0 Å². The zero-order chi connectivity index (χ0) is 29.7. The largest absolute Gasteiger partial charge is 0.448 e. The van der Waals surface area contributed by atoms with E-state index in [-0.39, 0.29) is 5.70 Å². The smallest absolute Gasteiger partial charge is 0.408 e. The maximum atomic E-state index is 14.0. The van der Waals surface area contributed by atoms with Gasteiger partial charge in [-0.3, -0.25) is 14.7 Å². The van der Waals surface area contributed by atoms with Crippen LogP contribution in [-0.2, 0) is 19.1 Å². The Kier molecular flexibility index (Phi) is 9.03. The molecule has 1 N–H and O–H groups in total. The number of pyridine rings is 1. The molecule has 3 aromatic rings. The first-order chi connectivity index (χ1) is 20.2. The Morgan fingerprint density at radius 2 is 1.71 bits per heavy atom. The molecule has 2 aliphatic rings. The summed E-state index contributed by atoms with van der Waals surface area (Å²) in [5, 5.41) is 4.07. The van der Waals surface area contributed by atoms with Crippen LogP contribution in [0.25, 0.3) is 0 Å². The normalized spacial score (nSPS) is 18.5. The fourth-order valence-corrected chi connectivity index (χ4v) is 6.54. The summed E-state index contributed by atoms with van der Waals surface area (Å²) in [5.74, 6) is -0.573. The average Bonchev–Trinajstić information content (AvgIpc) is 2.98. The molecule has 5 rings (SSSR count). The second-order valence-corrected chi connectivity index (χ2v) is 12.7. The van der Waals surface area contributed by atoms with Gasteiger partial charge in [0, 0.05) is 23.0 Å². The number of benzene rings is 2. The summed E-state index contributed by atoms with van der Waals surface area (Å²) in [5.41, 5.74) is 1.73. The third-order valence-electron chi connectivity index (χ3n) is 6.40. The number of hydrogen-bond donors (Lipinski definition) is 1. The number of β-lactam (4-membered cyclic amide) rings is 1. The van der Waals surface area contributed by atoms with Gasteiger partial charge < -0.3 is 14.8 Å². The van der Waals surface area contributed by atoms with Crippen LogP contribution in [-0.4, -0.2) is 50.6 Å². The number of hydrogen-bond acceptors (Lipinski definition) is 8. The molecule has 0 aliphatic carbocycles. The van der Waals surface area contributed by atoms with E-state index in [0.29, 0.717) is 11.3 Å². The van der Waals surface area contributed by atoms with Crippen LogP contribution >= 0.6 is 23.5 Å². The number of esters is 1. The van der Waals surface area contributed by atoms with E-state index in [0.717, 1.165) is 16.0 Å². The zero-order valence-electron chi connectivity index (χ0n) is 23.4. The molecule has 2 aromatic carbocycles. The van der Waals surface area contributed by atoms with Crippen LogP contribution in [0.5, 0.6) is 0 Å². The highest BCUT2D eigenvalue weighted by Gasteiger charge is 2.54. The molecule has 2 aliphatic heterocycles. The molecule has 0 unspecified atom stereocenters. The number of ether oxygens (including phenoxy) is 2. The Morgan fingerprint density at radius 3 is 2.31 bits per heavy atom. The third-order valence-corrected chi connectivity index (χ3v) is 8.49. The summed E-state index contributed by atoms with van der Waals surface area (Å²) in [7, 11) is 0. The first-order valence-corrected chi connectivity index (χ1v) is 15.4. The number of allylic oxidation sites excluding steroid dienone is 1. The third kappa shape index (κ3) is 6.88. The zero-order valence-corrected chi connectivity index (χ0v) is 25.1. The molecule has 0 saturated carbocycles. The topological polar surface area (TPSA) is 97.8 Å². The maximum absolute atomic E-state index is 14.0. The fraction of sp³-hybridized carbons (Fsp3) is 0.250. The summed E-state index contributed by atoms with van der Waals surface area (Å²) >= 11 is 2.92. The van der Waals surface area contributed by atoms with E-state index in [1.807, 2.05) is 84.3 Å². The number of alkyl carbamates (subject to hydrolysis) is 1. The Labute approximate surface area is 253 Å². The minimum Gasteiger partial charge on any atom is -0.448 e. The molecule has 1 aromatic heterocycles. The highest BCUT2D eigenvalue weighted by Crippen LogP contribution is 2.42. The number of carbonyl (C=O) groups is 3. The lowest BCUT2D eigenvalue weighted by Crippen LogP contribution is -2.70. The van der Waals surface area contributed by atoms with Gasteiger partial charge in [-0.1, -0.05) is 72.4 Å². The summed E-state index contributed by atoms with van der Waals surface area (Å²) in [6.07, 6.45) is 3.93. The van der Waals surface area contributed by atoms with Crippen LogP contribution in [0.3, 0.4) is 0 Å². The number of nitrogens with zero attached hydrogens (tertiary/aromatic N) is 2. The van der Waals surface area contributed by atoms with Gasteiger partial charge in [0.15, 0.2) is 6.10 Å². The lowest BCUT2D eigenvalue weighted by atomic mass is 10.0. The molecule has 0 radical (unpaired) electrons. The van der Waals surface area contributed by atoms with E-state index in [9.17, 15) is 14.4 Å². The highest BCUT2D eigenvalue weighted by molar-refractivity contribution is 8.02. The van der Waals surface area contributed by atoms with Crippen LogP contribution < -0.4 is 5.32 Å². The SMILES string of the molecule is CC(C)(C)OC(=O)N[C@@H]1C(=O)N2C(C(=O)OC(c3ccccc3)c3ccccc3)=C(/C=C/Sc3cccnc3)CS[C@@H]12. The van der Waals surface area contributed by atoms with Gasteiger partial charge in [-0.25, -0.2) is 9.59 Å². The molecule has 216 valence electrons. The number of rotatable bonds is 8. The lowest BCUT2D eigenvalue weighted by Gasteiger charge is -2.49. The molecule has 10 heteroatoms. The quantitative estimate of drug-likeness (QED) is 0.188. The molecular weight excluding hydrogens is 571 g/mol. The molecule has 8 nitrogen and oxygen atoms in total. The fourth-order valence-electron chi connectivity index (χ4n) is 4.55. The second kappa shape index (κ2) is 12.9. The van der Waals surface area contributed by atoms with E-state index in [1.54, 1.807) is 33.2 Å². The van der Waals surface area contributed by atoms with Crippen LogP contribution in [0.2, 0.25) is 0 Å². The van der Waals surface area contributed by atoms with Crippen LogP contribution in [0, 0.1) is 0 Å². The van der Waals surface area contributed by atoms with Crippen molar-refractivity contribution in [2.75, 3.05) is 5.75 Å². The summed E-state index contributed by atoms with van der Waals surface area (Å²) in [6, 6.07) is 21.9. The highest BCUT2D eigenvalue weighted by atomic mass is 32.2. The van der Waals surface area contributed by atoms with E-state index < -0.39 is 41.1 Å². The Morgan fingerprint density at radius 1 is 1.05 bits per heavy atom. The van der Waals surface area contributed by atoms with E-state index in [4.69, 9.17) is 9.47 Å². The Balaban J connectivity index is 1.44. The van der Waals surface area contributed by atoms with Gasteiger partial charge in [0.05, 0.1) is 0 Å². The Bertz CT molecular complexity index is 1450. The number of fused-ring (bicyclic) bond motifs is 1. The molecule has 2 amide bonds. The predicted molar refractivity (Wildman–Crippen MR) is 163 cm³/mol. The van der Waals surface area contributed by atoms with E-state index >= 15 is 0 Å². The van der Waals surface area contributed by atoms with Crippen molar-refractivity contribution in [1.29, 1.82) is 0 Å². The van der Waals surface area contributed by atoms with Crippen molar-refractivity contribution in [3.05, 3.63) is 119 Å². The second-order valence-electron chi connectivity index (χ2n) is 10.6. The van der Waals surface area contributed by atoms with Gasteiger partial charge in [-0.15, -0.1) is 11.8 Å². The first-order valence-electron chi connectivity index (χ1n) is 13.4. The van der Waals surface area contributed by atoms with Gasteiger partial charge in [-0.2, -0.15) is 0 Å². The Hall–Kier alpha value is -4.02. The number of aromatic nitrogens is 1. The number of nitrogens with one attached hydrogen (secondary N) is 1. The molecule has 0 bridgehead atoms. The summed E-state index contributed by atoms with van der Waals surface area (Å²) in [6.45, 7) is 5.27. The maximum Gasteiger partial charge on any atom is 0.408 e. The molecule has 3 heterocycles.